The van der Waals surface area contributed by atoms with Gasteiger partial charge in [-0.25, -0.2) is 0 Å². The van der Waals surface area contributed by atoms with Gasteiger partial charge in [0.15, 0.2) is 0 Å². The molecule has 2 N–H and O–H groups in total. The maximum Gasteiger partial charge on any atom is 0.0525 e. The third kappa shape index (κ3) is 2.66. The van der Waals surface area contributed by atoms with Crippen molar-refractivity contribution >= 4 is 10.9 Å². The predicted molar refractivity (Wildman–Crippen MR) is 90.1 cm³/mol. The molecule has 1 aromatic carbocycles. The second kappa shape index (κ2) is 5.83. The number of aromatic amines is 1. The van der Waals surface area contributed by atoms with E-state index in [4.69, 9.17) is 0 Å². The Morgan fingerprint density at radius 3 is 3.00 bits per heavy atom. The van der Waals surface area contributed by atoms with Gasteiger partial charge in [0, 0.05) is 68.4 Å². The minimum Gasteiger partial charge on any atom is -0.396 e. The van der Waals surface area contributed by atoms with Gasteiger partial charge < -0.3 is 10.1 Å². The summed E-state index contributed by atoms with van der Waals surface area (Å²) in [6.07, 6.45) is 6.00. The first-order chi connectivity index (χ1) is 11.2. The van der Waals surface area contributed by atoms with Crippen LogP contribution in [0.15, 0.2) is 42.9 Å². The van der Waals surface area contributed by atoms with E-state index in [2.05, 4.69) is 45.4 Å². The molecule has 5 heteroatoms. The number of fused-ring (bicyclic) bond motifs is 1. The fourth-order valence-electron chi connectivity index (χ4n) is 3.81. The highest BCUT2D eigenvalue weighted by Crippen LogP contribution is 2.33. The van der Waals surface area contributed by atoms with Crippen LogP contribution in [-0.2, 0) is 13.6 Å². The lowest BCUT2D eigenvalue weighted by atomic mass is 9.92. The van der Waals surface area contributed by atoms with Gasteiger partial charge in [0.05, 0.1) is 6.20 Å². The SMILES string of the molecule is Cn1cc([C@@H]2CN(Cc3cccc4[nH]ccc34)C[C@H]2CO)cn1. The maximum atomic E-state index is 9.77. The van der Waals surface area contributed by atoms with Crippen molar-refractivity contribution in [2.75, 3.05) is 19.7 Å². The molecule has 1 saturated heterocycles. The van der Waals surface area contributed by atoms with Crippen LogP contribution in [-0.4, -0.2) is 44.5 Å². The number of nitrogens with one attached hydrogen (secondary N) is 1. The third-order valence-electron chi connectivity index (χ3n) is 4.98. The van der Waals surface area contributed by atoms with Crippen LogP contribution in [0.1, 0.15) is 17.0 Å². The van der Waals surface area contributed by atoms with Crippen molar-refractivity contribution in [1.82, 2.24) is 19.7 Å². The molecular formula is C18H22N4O. The molecule has 0 bridgehead atoms. The Morgan fingerprint density at radius 1 is 1.30 bits per heavy atom. The number of benzene rings is 1. The van der Waals surface area contributed by atoms with Crippen LogP contribution in [0.4, 0.5) is 0 Å². The van der Waals surface area contributed by atoms with E-state index in [1.54, 1.807) is 0 Å². The minimum atomic E-state index is 0.227. The second-order valence-corrected chi connectivity index (χ2v) is 6.55. The fourth-order valence-corrected chi connectivity index (χ4v) is 3.81. The van der Waals surface area contributed by atoms with E-state index in [9.17, 15) is 5.11 Å². The molecule has 4 rings (SSSR count). The summed E-state index contributed by atoms with van der Waals surface area (Å²) in [4.78, 5) is 5.72. The summed E-state index contributed by atoms with van der Waals surface area (Å²) in [5.41, 5.74) is 3.75. The van der Waals surface area contributed by atoms with E-state index in [0.717, 1.165) is 19.6 Å². The Labute approximate surface area is 135 Å². The number of hydrogen-bond donors (Lipinski definition) is 2. The highest BCUT2D eigenvalue weighted by molar-refractivity contribution is 5.82. The van der Waals surface area contributed by atoms with Gasteiger partial charge in [-0.1, -0.05) is 12.1 Å². The standard InChI is InChI=1S/C18H22N4O/c1-21-8-14(7-20-21)17-11-22(10-15(17)12-23)9-13-3-2-4-18-16(13)5-6-19-18/h2-8,15,17,19,23H,9-12H2,1H3/t15-,17-/m0/s1. The number of aliphatic hydroxyl groups excluding tert-OH is 1. The van der Waals surface area contributed by atoms with Gasteiger partial charge in [-0.2, -0.15) is 5.10 Å². The molecule has 1 aliphatic rings. The van der Waals surface area contributed by atoms with Gasteiger partial charge in [0.1, 0.15) is 0 Å². The van der Waals surface area contributed by atoms with Gasteiger partial charge in [0.25, 0.3) is 0 Å². The van der Waals surface area contributed by atoms with Crippen LogP contribution in [0.5, 0.6) is 0 Å². The van der Waals surface area contributed by atoms with Crippen LogP contribution in [0.25, 0.3) is 10.9 Å². The fraction of sp³-hybridized carbons (Fsp3) is 0.389. The molecule has 23 heavy (non-hydrogen) atoms. The van der Waals surface area contributed by atoms with Crippen molar-refractivity contribution in [2.24, 2.45) is 13.0 Å². The van der Waals surface area contributed by atoms with E-state index in [-0.39, 0.29) is 12.5 Å². The zero-order chi connectivity index (χ0) is 15.8. The van der Waals surface area contributed by atoms with Gasteiger partial charge in [-0.15, -0.1) is 0 Å². The summed E-state index contributed by atoms with van der Waals surface area (Å²) >= 11 is 0. The summed E-state index contributed by atoms with van der Waals surface area (Å²) in [5, 5.41) is 15.3. The Morgan fingerprint density at radius 2 is 2.22 bits per heavy atom. The Balaban J connectivity index is 1.55. The molecule has 0 spiro atoms. The van der Waals surface area contributed by atoms with Crippen molar-refractivity contribution in [3.8, 4) is 0 Å². The van der Waals surface area contributed by atoms with Crippen molar-refractivity contribution in [2.45, 2.75) is 12.5 Å². The van der Waals surface area contributed by atoms with Crippen LogP contribution in [0.3, 0.4) is 0 Å². The topological polar surface area (TPSA) is 57.1 Å². The summed E-state index contributed by atoms with van der Waals surface area (Å²) in [6.45, 7) is 3.04. The quantitative estimate of drug-likeness (QED) is 0.776. The summed E-state index contributed by atoms with van der Waals surface area (Å²) in [5.74, 6) is 0.642. The van der Waals surface area contributed by atoms with Crippen LogP contribution >= 0.6 is 0 Å². The molecule has 1 fully saturated rings. The van der Waals surface area contributed by atoms with E-state index in [0.29, 0.717) is 5.92 Å². The monoisotopic (exact) mass is 310 g/mol. The minimum absolute atomic E-state index is 0.227. The lowest BCUT2D eigenvalue weighted by Gasteiger charge is -2.16. The average Bonchev–Trinajstić information content (AvgIpc) is 3.26. The first-order valence-electron chi connectivity index (χ1n) is 8.11. The molecule has 2 aromatic heterocycles. The van der Waals surface area contributed by atoms with E-state index in [1.807, 2.05) is 24.1 Å². The molecule has 0 radical (unpaired) electrons. The number of aryl methyl sites for hydroxylation is 1. The van der Waals surface area contributed by atoms with Gasteiger partial charge in [0.2, 0.25) is 0 Å². The number of H-pyrrole nitrogens is 1. The number of hydrogen-bond acceptors (Lipinski definition) is 3. The molecule has 0 saturated carbocycles. The number of aliphatic hydroxyl groups is 1. The summed E-state index contributed by atoms with van der Waals surface area (Å²) < 4.78 is 1.84. The third-order valence-corrected chi connectivity index (χ3v) is 4.98. The predicted octanol–water partition coefficient (Wildman–Crippen LogP) is 2.11. The molecule has 120 valence electrons. The van der Waals surface area contributed by atoms with Gasteiger partial charge >= 0.3 is 0 Å². The molecule has 0 amide bonds. The second-order valence-electron chi connectivity index (χ2n) is 6.55. The number of likely N-dealkylation sites (tertiary alicyclic amines) is 1. The van der Waals surface area contributed by atoms with E-state index >= 15 is 0 Å². The Bertz CT molecular complexity index is 806. The highest BCUT2D eigenvalue weighted by Gasteiger charge is 2.34. The first kappa shape index (κ1) is 14.5. The van der Waals surface area contributed by atoms with Crippen LogP contribution in [0.2, 0.25) is 0 Å². The Kier molecular flexibility index (Phi) is 3.67. The van der Waals surface area contributed by atoms with Crippen LogP contribution in [0, 0.1) is 5.92 Å². The molecule has 5 nitrogen and oxygen atoms in total. The maximum absolute atomic E-state index is 9.77. The average molecular weight is 310 g/mol. The van der Waals surface area contributed by atoms with Crippen molar-refractivity contribution in [3.63, 3.8) is 0 Å². The zero-order valence-electron chi connectivity index (χ0n) is 13.3. The number of nitrogens with zero attached hydrogens (tertiary/aromatic N) is 3. The van der Waals surface area contributed by atoms with Crippen molar-refractivity contribution < 1.29 is 5.11 Å². The van der Waals surface area contributed by atoms with E-state index < -0.39 is 0 Å². The Hall–Kier alpha value is -2.11. The molecule has 3 aromatic rings. The van der Waals surface area contributed by atoms with Crippen molar-refractivity contribution in [3.05, 3.63) is 54.0 Å². The van der Waals surface area contributed by atoms with Crippen molar-refractivity contribution in [1.29, 1.82) is 0 Å². The molecular weight excluding hydrogens is 288 g/mol. The largest absolute Gasteiger partial charge is 0.396 e. The lowest BCUT2D eigenvalue weighted by Crippen LogP contribution is -2.21. The zero-order valence-corrected chi connectivity index (χ0v) is 13.3. The molecule has 3 heterocycles. The van der Waals surface area contributed by atoms with E-state index in [1.165, 1.54) is 22.0 Å². The molecule has 0 aliphatic carbocycles. The molecule has 0 unspecified atom stereocenters. The van der Waals surface area contributed by atoms with Crippen LogP contribution < -0.4 is 0 Å². The van der Waals surface area contributed by atoms with Gasteiger partial charge in [-0.05, 0) is 23.3 Å². The highest BCUT2D eigenvalue weighted by atomic mass is 16.3. The number of aromatic nitrogens is 3. The first-order valence-corrected chi connectivity index (χ1v) is 8.11. The smallest absolute Gasteiger partial charge is 0.0525 e. The summed E-state index contributed by atoms with van der Waals surface area (Å²) in [7, 11) is 1.94. The summed E-state index contributed by atoms with van der Waals surface area (Å²) in [6, 6.07) is 8.55. The normalized spacial score (nSPS) is 22.2. The lowest BCUT2D eigenvalue weighted by molar-refractivity contribution is 0.214. The number of rotatable bonds is 4. The van der Waals surface area contributed by atoms with Gasteiger partial charge in [-0.3, -0.25) is 9.58 Å². The molecule has 1 aliphatic heterocycles. The molecule has 2 atom stereocenters.